The number of allylic oxidation sites excluding steroid dienone is 2. The van der Waals surface area contributed by atoms with E-state index in [1.165, 1.54) is 103 Å². The van der Waals surface area contributed by atoms with Gasteiger partial charge in [0.1, 0.15) is 13.1 Å². The fourth-order valence-electron chi connectivity index (χ4n) is 4.63. The van der Waals surface area contributed by atoms with Crippen molar-refractivity contribution in [2.24, 2.45) is 4.99 Å². The van der Waals surface area contributed by atoms with Crippen molar-refractivity contribution in [3.8, 4) is 0 Å². The van der Waals surface area contributed by atoms with Crippen LogP contribution in [0.25, 0.3) is 0 Å². The first-order valence-electron chi connectivity index (χ1n) is 12.9. The van der Waals surface area contributed by atoms with Crippen molar-refractivity contribution in [3.63, 3.8) is 0 Å². The van der Waals surface area contributed by atoms with Gasteiger partial charge < -0.3 is 5.11 Å². The van der Waals surface area contributed by atoms with E-state index < -0.39 is 0 Å². The van der Waals surface area contributed by atoms with Crippen molar-refractivity contribution < 1.29 is 9.59 Å². The Hall–Kier alpha value is -0.670. The fraction of sp³-hybridized carbons (Fsp3) is 0.885. The van der Waals surface area contributed by atoms with E-state index in [4.69, 9.17) is 4.99 Å². The molecule has 2 atom stereocenters. The highest BCUT2D eigenvalue weighted by Gasteiger charge is 2.36. The Bertz CT molecular complexity index is 421. The summed E-state index contributed by atoms with van der Waals surface area (Å²) in [6.07, 6.45) is 29.0. The Morgan fingerprint density at radius 1 is 0.828 bits per heavy atom. The first-order chi connectivity index (χ1) is 14.3. The minimum atomic E-state index is 0.280. The predicted octanol–water partition coefficient (Wildman–Crippen LogP) is 7.04. The van der Waals surface area contributed by atoms with Gasteiger partial charge in [0.05, 0.1) is 19.4 Å². The van der Waals surface area contributed by atoms with Crippen molar-refractivity contribution in [1.29, 1.82) is 0 Å². The molecular weight excluding hydrogens is 356 g/mol. The molecule has 3 nitrogen and oxygen atoms in total. The summed E-state index contributed by atoms with van der Waals surface area (Å²) >= 11 is 0. The molecule has 0 amide bonds. The van der Waals surface area contributed by atoms with E-state index in [-0.39, 0.29) is 6.61 Å². The third-order valence-electron chi connectivity index (χ3n) is 6.75. The van der Waals surface area contributed by atoms with Crippen LogP contribution in [0.5, 0.6) is 0 Å². The second-order valence-corrected chi connectivity index (χ2v) is 9.06. The zero-order chi connectivity index (χ0) is 21.0. The number of aliphatic imine (C=N–C) groups is 1. The molecule has 3 heteroatoms. The highest BCUT2D eigenvalue weighted by atomic mass is 16.3. The fourth-order valence-corrected chi connectivity index (χ4v) is 4.63. The van der Waals surface area contributed by atoms with E-state index in [1.807, 2.05) is 0 Å². The number of hydrogen-bond acceptors (Lipinski definition) is 2. The Morgan fingerprint density at radius 2 is 1.38 bits per heavy atom. The minimum Gasteiger partial charge on any atom is -0.391 e. The Kier molecular flexibility index (Phi) is 16.5. The number of quaternary nitrogens is 1. The summed E-state index contributed by atoms with van der Waals surface area (Å²) in [7, 11) is 0. The average molecular weight is 408 g/mol. The molecule has 1 aliphatic rings. The molecule has 0 aromatic rings. The van der Waals surface area contributed by atoms with E-state index in [1.54, 1.807) is 0 Å². The number of hydrogen-bond donors (Lipinski definition) is 1. The van der Waals surface area contributed by atoms with Crippen LogP contribution in [0.15, 0.2) is 17.1 Å². The molecule has 0 aliphatic carbocycles. The summed E-state index contributed by atoms with van der Waals surface area (Å²) in [5.41, 5.74) is 0. The highest BCUT2D eigenvalue weighted by molar-refractivity contribution is 5.60. The molecule has 0 aromatic heterocycles. The SMILES string of the molecule is CCCCCCC/C=C/CCCCCCCCCCC1N=CC[N+]1(CC)CCO. The second-order valence-electron chi connectivity index (χ2n) is 9.06. The van der Waals surface area contributed by atoms with Crippen LogP contribution in [0.3, 0.4) is 0 Å². The molecule has 1 rings (SSSR count). The van der Waals surface area contributed by atoms with Crippen LogP contribution in [0.1, 0.15) is 117 Å². The maximum atomic E-state index is 9.39. The van der Waals surface area contributed by atoms with Crippen LogP contribution in [-0.2, 0) is 0 Å². The lowest BCUT2D eigenvalue weighted by molar-refractivity contribution is -0.936. The van der Waals surface area contributed by atoms with E-state index in [0.29, 0.717) is 6.17 Å². The summed E-state index contributed by atoms with van der Waals surface area (Å²) in [5, 5.41) is 9.39. The predicted molar refractivity (Wildman–Crippen MR) is 129 cm³/mol. The maximum absolute atomic E-state index is 9.39. The Balaban J connectivity index is 1.87. The summed E-state index contributed by atoms with van der Waals surface area (Å²) in [5.74, 6) is 0. The molecule has 170 valence electrons. The number of nitrogens with zero attached hydrogens (tertiary/aromatic N) is 2. The topological polar surface area (TPSA) is 32.6 Å². The van der Waals surface area contributed by atoms with Crippen LogP contribution in [-0.4, -0.2) is 48.2 Å². The largest absolute Gasteiger partial charge is 0.391 e. The van der Waals surface area contributed by atoms with Gasteiger partial charge in [-0.2, -0.15) is 0 Å². The lowest BCUT2D eigenvalue weighted by Gasteiger charge is -2.37. The van der Waals surface area contributed by atoms with Gasteiger partial charge in [-0.05, 0) is 39.0 Å². The van der Waals surface area contributed by atoms with Crippen molar-refractivity contribution in [2.75, 3.05) is 26.2 Å². The van der Waals surface area contributed by atoms with Crippen LogP contribution in [0.2, 0.25) is 0 Å². The number of rotatable bonds is 20. The molecule has 0 bridgehead atoms. The molecule has 0 radical (unpaired) electrons. The number of unbranched alkanes of at least 4 members (excludes halogenated alkanes) is 13. The molecule has 0 spiro atoms. The molecule has 1 heterocycles. The number of likely N-dealkylation sites (N-methyl/N-ethyl adjacent to an activating group) is 1. The highest BCUT2D eigenvalue weighted by Crippen LogP contribution is 2.24. The van der Waals surface area contributed by atoms with Gasteiger partial charge in [-0.1, -0.05) is 83.3 Å². The molecule has 1 aliphatic heterocycles. The van der Waals surface area contributed by atoms with Crippen LogP contribution in [0, 0.1) is 0 Å². The smallest absolute Gasteiger partial charge is 0.182 e. The zero-order valence-electron chi connectivity index (χ0n) is 19.8. The molecule has 29 heavy (non-hydrogen) atoms. The molecule has 0 fully saturated rings. The normalized spacial score (nSPS) is 21.6. The third-order valence-corrected chi connectivity index (χ3v) is 6.75. The first-order valence-corrected chi connectivity index (χ1v) is 12.9. The Morgan fingerprint density at radius 3 is 1.93 bits per heavy atom. The van der Waals surface area contributed by atoms with Crippen molar-refractivity contribution in [2.45, 2.75) is 123 Å². The lowest BCUT2D eigenvalue weighted by atomic mass is 10.0. The van der Waals surface area contributed by atoms with Gasteiger partial charge in [0.2, 0.25) is 0 Å². The standard InChI is InChI=1S/C26H51N2O/c1-3-5-6-7-8-9-10-11-12-13-14-15-16-17-18-19-20-21-26-27-22-23-28(26,4-2)24-25-29/h10-11,22,26,29H,3-9,12-21,23-25H2,1-2H3/q+1/b11-10+. The van der Waals surface area contributed by atoms with Gasteiger partial charge in [0.15, 0.2) is 6.17 Å². The summed E-state index contributed by atoms with van der Waals surface area (Å²) in [6, 6.07) is 0. The number of aliphatic hydroxyl groups is 1. The van der Waals surface area contributed by atoms with Gasteiger partial charge in [0.25, 0.3) is 0 Å². The molecule has 2 unspecified atom stereocenters. The minimum absolute atomic E-state index is 0.280. The third kappa shape index (κ3) is 11.9. The molecule has 0 saturated heterocycles. The van der Waals surface area contributed by atoms with E-state index in [9.17, 15) is 5.11 Å². The second kappa shape index (κ2) is 18.1. The molecular formula is C26H51N2O+. The summed E-state index contributed by atoms with van der Waals surface area (Å²) in [4.78, 5) is 4.72. The monoisotopic (exact) mass is 407 g/mol. The van der Waals surface area contributed by atoms with Crippen molar-refractivity contribution in [3.05, 3.63) is 12.2 Å². The van der Waals surface area contributed by atoms with Crippen molar-refractivity contribution in [1.82, 2.24) is 0 Å². The van der Waals surface area contributed by atoms with E-state index in [0.717, 1.165) is 24.1 Å². The maximum Gasteiger partial charge on any atom is 0.182 e. The van der Waals surface area contributed by atoms with Crippen LogP contribution >= 0.6 is 0 Å². The summed E-state index contributed by atoms with van der Waals surface area (Å²) < 4.78 is 0.976. The van der Waals surface area contributed by atoms with Gasteiger partial charge in [0, 0.05) is 6.42 Å². The summed E-state index contributed by atoms with van der Waals surface area (Å²) in [6.45, 7) is 7.75. The molecule has 1 N–H and O–H groups in total. The Labute approximate surface area is 182 Å². The quantitative estimate of drug-likeness (QED) is 0.131. The van der Waals surface area contributed by atoms with Crippen LogP contribution in [0.4, 0.5) is 0 Å². The molecule has 0 aromatic carbocycles. The van der Waals surface area contributed by atoms with E-state index >= 15 is 0 Å². The van der Waals surface area contributed by atoms with Gasteiger partial charge >= 0.3 is 0 Å². The zero-order valence-corrected chi connectivity index (χ0v) is 19.8. The molecule has 0 saturated carbocycles. The average Bonchev–Trinajstić information content (AvgIpc) is 3.13. The van der Waals surface area contributed by atoms with Gasteiger partial charge in [-0.3, -0.25) is 4.48 Å². The van der Waals surface area contributed by atoms with Gasteiger partial charge in [-0.25, -0.2) is 4.99 Å². The van der Waals surface area contributed by atoms with Gasteiger partial charge in [-0.15, -0.1) is 0 Å². The van der Waals surface area contributed by atoms with Crippen molar-refractivity contribution >= 4 is 6.21 Å². The van der Waals surface area contributed by atoms with Crippen LogP contribution < -0.4 is 0 Å². The lowest BCUT2D eigenvalue weighted by Crippen LogP contribution is -2.53. The first kappa shape index (κ1) is 26.4. The van der Waals surface area contributed by atoms with E-state index in [2.05, 4.69) is 32.2 Å². The number of aliphatic hydroxyl groups excluding tert-OH is 1.